The lowest BCUT2D eigenvalue weighted by molar-refractivity contribution is -0.115. The Hall–Kier alpha value is -0.780. The molecule has 1 amide bonds. The van der Waals surface area contributed by atoms with Crippen molar-refractivity contribution < 1.29 is 13.2 Å². The number of rotatable bonds is 4. The summed E-state index contributed by atoms with van der Waals surface area (Å²) in [5.74, 6) is -1.90. The molecule has 0 aliphatic heterocycles. The molecule has 2 N–H and O–H groups in total. The third kappa shape index (κ3) is 4.00. The number of halogens is 2. The SMILES string of the molecule is NC(=O)CS(=O)(=O)Cc1ccc(Cl)cc1Cl. The third-order valence-corrected chi connectivity index (χ3v) is 3.81. The van der Waals surface area contributed by atoms with Gasteiger partial charge in [0.1, 0.15) is 5.75 Å². The first kappa shape index (κ1) is 13.3. The van der Waals surface area contributed by atoms with Crippen LogP contribution in [-0.4, -0.2) is 20.1 Å². The van der Waals surface area contributed by atoms with Gasteiger partial charge in [-0.1, -0.05) is 29.3 Å². The molecule has 7 heteroatoms. The van der Waals surface area contributed by atoms with E-state index in [0.717, 1.165) is 0 Å². The molecule has 0 heterocycles. The van der Waals surface area contributed by atoms with Crippen LogP contribution in [0.15, 0.2) is 18.2 Å². The summed E-state index contributed by atoms with van der Waals surface area (Å²) in [6.45, 7) is 0. The molecule has 0 saturated carbocycles. The number of nitrogens with two attached hydrogens (primary N) is 1. The molecule has 0 aliphatic carbocycles. The van der Waals surface area contributed by atoms with Gasteiger partial charge in [-0.25, -0.2) is 8.42 Å². The minimum absolute atomic E-state index is 0.251. The summed E-state index contributed by atoms with van der Waals surface area (Å²) >= 11 is 11.5. The van der Waals surface area contributed by atoms with Crippen LogP contribution in [0, 0.1) is 0 Å². The maximum absolute atomic E-state index is 11.5. The average Bonchev–Trinajstić information content (AvgIpc) is 2.07. The van der Waals surface area contributed by atoms with Crippen molar-refractivity contribution in [3.63, 3.8) is 0 Å². The van der Waals surface area contributed by atoms with Crippen LogP contribution in [0.1, 0.15) is 5.56 Å². The van der Waals surface area contributed by atoms with E-state index in [1.807, 2.05) is 0 Å². The fourth-order valence-electron chi connectivity index (χ4n) is 1.14. The van der Waals surface area contributed by atoms with Crippen LogP contribution in [0.2, 0.25) is 10.0 Å². The Morgan fingerprint density at radius 1 is 1.31 bits per heavy atom. The Kier molecular flexibility index (Phi) is 4.18. The number of benzene rings is 1. The zero-order valence-electron chi connectivity index (χ0n) is 8.11. The highest BCUT2D eigenvalue weighted by atomic mass is 35.5. The van der Waals surface area contributed by atoms with E-state index in [1.165, 1.54) is 18.2 Å². The van der Waals surface area contributed by atoms with Crippen LogP contribution >= 0.6 is 23.2 Å². The summed E-state index contributed by atoms with van der Waals surface area (Å²) in [6, 6.07) is 4.48. The van der Waals surface area contributed by atoms with Gasteiger partial charge in [-0.3, -0.25) is 4.79 Å². The summed E-state index contributed by atoms with van der Waals surface area (Å²) in [7, 11) is -3.57. The number of sulfone groups is 1. The highest BCUT2D eigenvalue weighted by Gasteiger charge is 2.17. The van der Waals surface area contributed by atoms with Crippen LogP contribution in [0.25, 0.3) is 0 Å². The molecular weight excluding hydrogens is 273 g/mol. The van der Waals surface area contributed by atoms with Crippen molar-refractivity contribution in [1.29, 1.82) is 0 Å². The van der Waals surface area contributed by atoms with Gasteiger partial charge in [-0.15, -0.1) is 0 Å². The van der Waals surface area contributed by atoms with E-state index in [1.54, 1.807) is 0 Å². The maximum Gasteiger partial charge on any atom is 0.232 e. The van der Waals surface area contributed by atoms with Crippen molar-refractivity contribution in [3.8, 4) is 0 Å². The Labute approximate surface area is 103 Å². The molecule has 0 aliphatic rings. The van der Waals surface area contributed by atoms with Crippen LogP contribution in [-0.2, 0) is 20.4 Å². The van der Waals surface area contributed by atoms with Crippen molar-refractivity contribution in [3.05, 3.63) is 33.8 Å². The van der Waals surface area contributed by atoms with Crippen molar-refractivity contribution in [2.24, 2.45) is 5.73 Å². The van der Waals surface area contributed by atoms with Crippen molar-refractivity contribution >= 4 is 38.9 Å². The van der Waals surface area contributed by atoms with Crippen LogP contribution in [0.4, 0.5) is 0 Å². The number of primary amides is 1. The predicted octanol–water partition coefficient (Wildman–Crippen LogP) is 1.39. The quantitative estimate of drug-likeness (QED) is 0.906. The Balaban J connectivity index is 2.92. The first-order chi connectivity index (χ1) is 7.30. The Morgan fingerprint density at radius 3 is 2.44 bits per heavy atom. The number of amides is 1. The second kappa shape index (κ2) is 5.03. The number of carbonyl (C=O) groups excluding carboxylic acids is 1. The van der Waals surface area contributed by atoms with Gasteiger partial charge in [0.15, 0.2) is 9.84 Å². The Bertz CT molecular complexity index is 513. The largest absolute Gasteiger partial charge is 0.369 e. The van der Waals surface area contributed by atoms with Gasteiger partial charge in [0.2, 0.25) is 5.91 Å². The van der Waals surface area contributed by atoms with Crippen LogP contribution in [0.3, 0.4) is 0 Å². The lowest BCUT2D eigenvalue weighted by Gasteiger charge is -2.05. The number of hydrogen-bond acceptors (Lipinski definition) is 3. The average molecular weight is 282 g/mol. The summed E-state index contributed by atoms with van der Waals surface area (Å²) in [4.78, 5) is 10.5. The molecule has 4 nitrogen and oxygen atoms in total. The van der Waals surface area contributed by atoms with E-state index in [0.29, 0.717) is 10.6 Å². The molecule has 0 spiro atoms. The molecule has 1 rings (SSSR count). The van der Waals surface area contributed by atoms with Crippen LogP contribution < -0.4 is 5.73 Å². The molecule has 16 heavy (non-hydrogen) atoms. The zero-order chi connectivity index (χ0) is 12.3. The van der Waals surface area contributed by atoms with Crippen molar-refractivity contribution in [2.75, 3.05) is 5.75 Å². The summed E-state index contributed by atoms with van der Waals surface area (Å²) in [5, 5.41) is 0.668. The second-order valence-corrected chi connectivity index (χ2v) is 6.14. The fraction of sp³-hybridized carbons (Fsp3) is 0.222. The highest BCUT2D eigenvalue weighted by molar-refractivity contribution is 7.91. The van der Waals surface area contributed by atoms with E-state index < -0.39 is 21.5 Å². The molecule has 1 aromatic carbocycles. The van der Waals surface area contributed by atoms with E-state index in [4.69, 9.17) is 28.9 Å². The van der Waals surface area contributed by atoms with Crippen LogP contribution in [0.5, 0.6) is 0 Å². The normalized spacial score (nSPS) is 11.4. The van der Waals surface area contributed by atoms with E-state index in [-0.39, 0.29) is 10.8 Å². The third-order valence-electron chi connectivity index (χ3n) is 1.75. The lowest BCUT2D eigenvalue weighted by atomic mass is 10.2. The van der Waals surface area contributed by atoms with E-state index in [9.17, 15) is 13.2 Å². The van der Waals surface area contributed by atoms with E-state index >= 15 is 0 Å². The maximum atomic E-state index is 11.5. The topological polar surface area (TPSA) is 77.2 Å². The molecule has 0 unspecified atom stereocenters. The lowest BCUT2D eigenvalue weighted by Crippen LogP contribution is -2.24. The van der Waals surface area contributed by atoms with Gasteiger partial charge in [-0.05, 0) is 17.7 Å². The van der Waals surface area contributed by atoms with Gasteiger partial charge in [-0.2, -0.15) is 0 Å². The number of carbonyl (C=O) groups is 1. The molecular formula is C9H9Cl2NO3S. The zero-order valence-corrected chi connectivity index (χ0v) is 10.4. The predicted molar refractivity (Wildman–Crippen MR) is 63.1 cm³/mol. The molecule has 0 bridgehead atoms. The number of hydrogen-bond donors (Lipinski definition) is 1. The summed E-state index contributed by atoms with van der Waals surface area (Å²) in [6.07, 6.45) is 0. The van der Waals surface area contributed by atoms with Crippen molar-refractivity contribution in [2.45, 2.75) is 5.75 Å². The second-order valence-electron chi connectivity index (χ2n) is 3.23. The highest BCUT2D eigenvalue weighted by Crippen LogP contribution is 2.22. The molecule has 0 atom stereocenters. The molecule has 0 aromatic heterocycles. The minimum atomic E-state index is -3.57. The molecule has 1 aromatic rings. The monoisotopic (exact) mass is 281 g/mol. The Morgan fingerprint density at radius 2 is 1.94 bits per heavy atom. The van der Waals surface area contributed by atoms with Gasteiger partial charge >= 0.3 is 0 Å². The summed E-state index contributed by atoms with van der Waals surface area (Å²) in [5.41, 5.74) is 5.22. The van der Waals surface area contributed by atoms with Crippen molar-refractivity contribution in [1.82, 2.24) is 0 Å². The fourth-order valence-corrected chi connectivity index (χ4v) is 2.96. The van der Waals surface area contributed by atoms with E-state index in [2.05, 4.69) is 0 Å². The smallest absolute Gasteiger partial charge is 0.232 e. The molecule has 0 fully saturated rings. The first-order valence-corrected chi connectivity index (χ1v) is 6.80. The van der Waals surface area contributed by atoms with Gasteiger partial charge < -0.3 is 5.73 Å². The van der Waals surface area contributed by atoms with Gasteiger partial charge in [0.25, 0.3) is 0 Å². The molecule has 88 valence electrons. The van der Waals surface area contributed by atoms with Gasteiger partial charge in [0, 0.05) is 10.0 Å². The first-order valence-electron chi connectivity index (χ1n) is 4.23. The molecule has 0 saturated heterocycles. The molecule has 0 radical (unpaired) electrons. The summed E-state index contributed by atoms with van der Waals surface area (Å²) < 4.78 is 22.9. The van der Waals surface area contributed by atoms with Gasteiger partial charge in [0.05, 0.1) is 5.75 Å². The standard InChI is InChI=1S/C9H9Cl2NO3S/c10-7-2-1-6(8(11)3-7)4-16(14,15)5-9(12)13/h1-3H,4-5H2,(H2,12,13). The minimum Gasteiger partial charge on any atom is -0.369 e.